The molecule has 2 aromatic heterocycles. The van der Waals surface area contributed by atoms with E-state index in [9.17, 15) is 13.2 Å². The Morgan fingerprint density at radius 1 is 1.18 bits per heavy atom. The summed E-state index contributed by atoms with van der Waals surface area (Å²) >= 11 is 0. The number of nitrogens with zero attached hydrogens (tertiary/aromatic N) is 3. The number of H-pyrrole nitrogens is 1. The van der Waals surface area contributed by atoms with Crippen LogP contribution in [-0.2, 0) is 14.8 Å². The second-order valence-corrected chi connectivity index (χ2v) is 9.67. The van der Waals surface area contributed by atoms with Crippen LogP contribution >= 0.6 is 0 Å². The molecule has 152 valence electrons. The average molecular weight is 407 g/mol. The number of amides is 1. The van der Waals surface area contributed by atoms with Crippen LogP contribution in [0.1, 0.15) is 32.6 Å². The van der Waals surface area contributed by atoms with E-state index < -0.39 is 10.0 Å². The van der Waals surface area contributed by atoms with Gasteiger partial charge in [-0.15, -0.1) is 0 Å². The van der Waals surface area contributed by atoms with Crippen molar-refractivity contribution >= 4 is 15.9 Å². The highest BCUT2D eigenvalue weighted by Gasteiger charge is 2.37. The van der Waals surface area contributed by atoms with Crippen LogP contribution in [0.25, 0.3) is 11.5 Å². The number of nitrogens with one attached hydrogen (secondary N) is 1. The summed E-state index contributed by atoms with van der Waals surface area (Å²) in [5.41, 5.74) is 0.618. The van der Waals surface area contributed by atoms with Crippen LogP contribution in [0.15, 0.2) is 33.9 Å². The topological polar surface area (TPSA) is 99.5 Å². The number of furan rings is 1. The Kier molecular flexibility index (Phi) is 5.29. The van der Waals surface area contributed by atoms with Crippen LogP contribution in [0.2, 0.25) is 0 Å². The highest BCUT2D eigenvalue weighted by atomic mass is 32.2. The van der Waals surface area contributed by atoms with E-state index in [-0.39, 0.29) is 23.5 Å². The van der Waals surface area contributed by atoms with Crippen molar-refractivity contribution in [3.63, 3.8) is 0 Å². The average Bonchev–Trinajstić information content (AvgIpc) is 3.40. The van der Waals surface area contributed by atoms with Crippen molar-refractivity contribution in [2.45, 2.75) is 37.7 Å². The van der Waals surface area contributed by atoms with E-state index >= 15 is 0 Å². The van der Waals surface area contributed by atoms with Gasteiger partial charge in [0.25, 0.3) is 10.0 Å². The van der Waals surface area contributed by atoms with Crippen LogP contribution in [0.3, 0.4) is 0 Å². The molecular formula is C19H26N4O4S. The maximum Gasteiger partial charge on any atom is 0.276 e. The molecule has 0 aromatic carbocycles. The second-order valence-electron chi connectivity index (χ2n) is 7.80. The molecule has 4 rings (SSSR count). The van der Waals surface area contributed by atoms with Crippen molar-refractivity contribution in [3.05, 3.63) is 24.4 Å². The minimum atomic E-state index is -3.78. The number of hydrogen-bond acceptors (Lipinski definition) is 5. The molecule has 0 bridgehead atoms. The predicted octanol–water partition coefficient (Wildman–Crippen LogP) is 2.33. The number of piperidine rings is 2. The zero-order chi connectivity index (χ0) is 19.7. The van der Waals surface area contributed by atoms with Crippen LogP contribution in [0.4, 0.5) is 0 Å². The lowest BCUT2D eigenvalue weighted by molar-refractivity contribution is -0.138. The van der Waals surface area contributed by atoms with Gasteiger partial charge in [0.05, 0.1) is 5.92 Å². The summed E-state index contributed by atoms with van der Waals surface area (Å²) in [7, 11) is -3.78. The Hall–Kier alpha value is -2.13. The highest BCUT2D eigenvalue weighted by molar-refractivity contribution is 7.89. The fourth-order valence-corrected chi connectivity index (χ4v) is 5.41. The van der Waals surface area contributed by atoms with Crippen molar-refractivity contribution in [2.24, 2.45) is 11.8 Å². The third kappa shape index (κ3) is 3.73. The Labute approximate surface area is 164 Å². The first-order valence-electron chi connectivity index (χ1n) is 9.83. The SMILES string of the molecule is CC1CCN(C(=O)C2CCCN(S(=O)(=O)c3ccc(-c4ccn[nH]4)o3)C2)CC1. The molecule has 4 heterocycles. The third-order valence-corrected chi connectivity index (χ3v) is 7.51. The Morgan fingerprint density at radius 3 is 2.68 bits per heavy atom. The lowest BCUT2D eigenvalue weighted by Crippen LogP contribution is -2.48. The van der Waals surface area contributed by atoms with Gasteiger partial charge in [-0.25, -0.2) is 8.42 Å². The van der Waals surface area contributed by atoms with E-state index in [4.69, 9.17) is 4.42 Å². The first-order valence-corrected chi connectivity index (χ1v) is 11.3. The van der Waals surface area contributed by atoms with E-state index in [1.807, 2.05) is 4.90 Å². The monoisotopic (exact) mass is 406 g/mol. The number of rotatable bonds is 4. The Balaban J connectivity index is 1.47. The van der Waals surface area contributed by atoms with Gasteiger partial charge in [-0.1, -0.05) is 6.92 Å². The molecule has 2 fully saturated rings. The van der Waals surface area contributed by atoms with Gasteiger partial charge in [-0.3, -0.25) is 9.89 Å². The number of likely N-dealkylation sites (tertiary alicyclic amines) is 1. The van der Waals surface area contributed by atoms with Gasteiger partial charge >= 0.3 is 0 Å². The smallest absolute Gasteiger partial charge is 0.276 e. The van der Waals surface area contributed by atoms with Gasteiger partial charge in [0.15, 0.2) is 5.76 Å². The molecule has 0 radical (unpaired) electrons. The van der Waals surface area contributed by atoms with E-state index in [1.54, 1.807) is 18.3 Å². The zero-order valence-corrected chi connectivity index (χ0v) is 16.8. The fraction of sp³-hybridized carbons (Fsp3) is 0.579. The number of aromatic nitrogens is 2. The summed E-state index contributed by atoms with van der Waals surface area (Å²) in [5, 5.41) is 6.51. The highest BCUT2D eigenvalue weighted by Crippen LogP contribution is 2.29. The maximum atomic E-state index is 13.0. The molecule has 9 heteroatoms. The molecule has 2 aliphatic heterocycles. The molecule has 2 aliphatic rings. The van der Waals surface area contributed by atoms with Crippen molar-refractivity contribution in [2.75, 3.05) is 26.2 Å². The molecule has 28 heavy (non-hydrogen) atoms. The number of sulfonamides is 1. The number of carbonyl (C=O) groups is 1. The van der Waals surface area contributed by atoms with Gasteiger partial charge in [0.1, 0.15) is 5.69 Å². The molecule has 1 atom stereocenters. The first kappa shape index (κ1) is 19.2. The minimum absolute atomic E-state index is 0.0874. The largest absolute Gasteiger partial charge is 0.442 e. The van der Waals surface area contributed by atoms with Gasteiger partial charge in [-0.05, 0) is 49.8 Å². The summed E-state index contributed by atoms with van der Waals surface area (Å²) in [6.07, 6.45) is 5.02. The molecule has 1 amide bonds. The molecule has 0 saturated carbocycles. The molecule has 2 saturated heterocycles. The minimum Gasteiger partial charge on any atom is -0.442 e. The van der Waals surface area contributed by atoms with Crippen LogP contribution in [0, 0.1) is 11.8 Å². The quantitative estimate of drug-likeness (QED) is 0.840. The number of hydrogen-bond donors (Lipinski definition) is 1. The van der Waals surface area contributed by atoms with Crippen molar-refractivity contribution in [1.29, 1.82) is 0 Å². The van der Waals surface area contributed by atoms with Crippen molar-refractivity contribution in [3.8, 4) is 11.5 Å². The predicted molar refractivity (Wildman–Crippen MR) is 103 cm³/mol. The standard InChI is InChI=1S/C19H26N4O4S/c1-14-7-11-22(12-8-14)19(24)15-3-2-10-23(13-15)28(25,26)18-5-4-17(27-18)16-6-9-20-21-16/h4-6,9,14-15H,2-3,7-8,10-13H2,1H3,(H,20,21). The Morgan fingerprint density at radius 2 is 1.96 bits per heavy atom. The summed E-state index contributed by atoms with van der Waals surface area (Å²) in [6, 6.07) is 4.79. The van der Waals surface area contributed by atoms with Crippen LogP contribution in [-0.4, -0.2) is 59.9 Å². The lowest BCUT2D eigenvalue weighted by atomic mass is 9.94. The zero-order valence-electron chi connectivity index (χ0n) is 16.0. The summed E-state index contributed by atoms with van der Waals surface area (Å²) in [4.78, 5) is 14.8. The summed E-state index contributed by atoms with van der Waals surface area (Å²) in [5.74, 6) is 0.877. The molecule has 1 unspecified atom stereocenters. The van der Waals surface area contributed by atoms with Crippen molar-refractivity contribution < 1.29 is 17.6 Å². The third-order valence-electron chi connectivity index (χ3n) is 5.77. The molecule has 2 aromatic rings. The first-order chi connectivity index (χ1) is 13.4. The molecule has 1 N–H and O–H groups in total. The number of carbonyl (C=O) groups excluding carboxylic acids is 1. The summed E-state index contributed by atoms with van der Waals surface area (Å²) < 4.78 is 33.0. The molecular weight excluding hydrogens is 380 g/mol. The van der Waals surface area contributed by atoms with E-state index in [0.29, 0.717) is 30.3 Å². The normalized spacial score (nSPS) is 22.5. The van der Waals surface area contributed by atoms with Gasteiger partial charge in [0, 0.05) is 32.4 Å². The lowest BCUT2D eigenvalue weighted by Gasteiger charge is -2.36. The van der Waals surface area contributed by atoms with E-state index in [0.717, 1.165) is 32.4 Å². The molecule has 0 spiro atoms. The van der Waals surface area contributed by atoms with E-state index in [1.165, 1.54) is 10.4 Å². The van der Waals surface area contributed by atoms with Crippen molar-refractivity contribution in [1.82, 2.24) is 19.4 Å². The van der Waals surface area contributed by atoms with Crippen LogP contribution in [0.5, 0.6) is 0 Å². The molecule has 0 aliphatic carbocycles. The van der Waals surface area contributed by atoms with E-state index in [2.05, 4.69) is 17.1 Å². The Bertz CT molecular complexity index is 914. The van der Waals surface area contributed by atoms with Gasteiger partial charge < -0.3 is 9.32 Å². The number of aromatic amines is 1. The fourth-order valence-electron chi connectivity index (χ4n) is 3.97. The summed E-state index contributed by atoms with van der Waals surface area (Å²) in [6.45, 7) is 4.37. The molecule has 8 nitrogen and oxygen atoms in total. The van der Waals surface area contributed by atoms with Gasteiger partial charge in [-0.2, -0.15) is 9.40 Å². The second kappa shape index (κ2) is 7.71. The maximum absolute atomic E-state index is 13.0. The van der Waals surface area contributed by atoms with Crippen LogP contribution < -0.4 is 0 Å². The van der Waals surface area contributed by atoms with Gasteiger partial charge in [0.2, 0.25) is 11.0 Å².